The number of aromatic nitrogens is 2. The molecule has 0 fully saturated rings. The molecule has 0 saturated carbocycles. The summed E-state index contributed by atoms with van der Waals surface area (Å²) in [5.74, 6) is 2.35. The number of nitrogens with zero attached hydrogens (tertiary/aromatic N) is 2. The van der Waals surface area contributed by atoms with E-state index in [1.807, 2.05) is 12.4 Å². The van der Waals surface area contributed by atoms with E-state index in [1.165, 1.54) is 0 Å². The van der Waals surface area contributed by atoms with Crippen molar-refractivity contribution in [3.05, 3.63) is 23.3 Å². The van der Waals surface area contributed by atoms with Gasteiger partial charge in [-0.3, -0.25) is 0 Å². The van der Waals surface area contributed by atoms with Crippen LogP contribution in [0.5, 0.6) is 0 Å². The standard InChI is InChI=1S/C14H21N3OS/c1-10(2)7-15-6-4-5-13-16-8-12(18-13)14-11(3)17-9-19-14/h8-10,15H,4-7H2,1-3H3. The van der Waals surface area contributed by atoms with Crippen molar-refractivity contribution in [3.8, 4) is 10.6 Å². The highest BCUT2D eigenvalue weighted by molar-refractivity contribution is 7.13. The van der Waals surface area contributed by atoms with Crippen molar-refractivity contribution in [3.63, 3.8) is 0 Å². The zero-order chi connectivity index (χ0) is 13.7. The highest BCUT2D eigenvalue weighted by Gasteiger charge is 2.10. The fraction of sp³-hybridized carbons (Fsp3) is 0.571. The molecule has 19 heavy (non-hydrogen) atoms. The molecule has 0 aliphatic carbocycles. The molecule has 0 unspecified atom stereocenters. The van der Waals surface area contributed by atoms with Crippen LogP contribution in [-0.4, -0.2) is 23.1 Å². The second kappa shape index (κ2) is 6.82. The van der Waals surface area contributed by atoms with Crippen molar-refractivity contribution in [2.24, 2.45) is 5.92 Å². The van der Waals surface area contributed by atoms with Crippen molar-refractivity contribution in [2.75, 3.05) is 13.1 Å². The summed E-state index contributed by atoms with van der Waals surface area (Å²) in [4.78, 5) is 9.64. The molecular formula is C14H21N3OS. The molecule has 0 spiro atoms. The quantitative estimate of drug-likeness (QED) is 0.790. The number of oxazole rings is 1. The van der Waals surface area contributed by atoms with Gasteiger partial charge in [0.2, 0.25) is 0 Å². The Labute approximate surface area is 118 Å². The van der Waals surface area contributed by atoms with Gasteiger partial charge in [0.05, 0.1) is 22.3 Å². The lowest BCUT2D eigenvalue weighted by Gasteiger charge is -2.05. The Balaban J connectivity index is 1.80. The first-order chi connectivity index (χ1) is 9.16. The maximum Gasteiger partial charge on any atom is 0.194 e. The number of nitrogens with one attached hydrogen (secondary N) is 1. The minimum absolute atomic E-state index is 0.697. The van der Waals surface area contributed by atoms with Crippen LogP contribution in [-0.2, 0) is 6.42 Å². The molecule has 5 heteroatoms. The Kier molecular flexibility index (Phi) is 5.10. The third-order valence-electron chi connectivity index (χ3n) is 2.82. The third-order valence-corrected chi connectivity index (χ3v) is 3.76. The molecule has 0 atom stereocenters. The van der Waals surface area contributed by atoms with Crippen LogP contribution in [0.15, 0.2) is 16.1 Å². The molecule has 2 aromatic rings. The average molecular weight is 279 g/mol. The van der Waals surface area contributed by atoms with Crippen molar-refractivity contribution < 1.29 is 4.42 Å². The lowest BCUT2D eigenvalue weighted by Crippen LogP contribution is -2.21. The highest BCUT2D eigenvalue weighted by atomic mass is 32.1. The van der Waals surface area contributed by atoms with E-state index in [0.29, 0.717) is 5.92 Å². The topological polar surface area (TPSA) is 51.0 Å². The van der Waals surface area contributed by atoms with E-state index in [1.54, 1.807) is 17.5 Å². The summed E-state index contributed by atoms with van der Waals surface area (Å²) >= 11 is 1.59. The van der Waals surface area contributed by atoms with Gasteiger partial charge in [0, 0.05) is 6.42 Å². The molecule has 0 bridgehead atoms. The summed E-state index contributed by atoms with van der Waals surface area (Å²) in [6.07, 6.45) is 3.73. The van der Waals surface area contributed by atoms with E-state index in [4.69, 9.17) is 4.42 Å². The fourth-order valence-corrected chi connectivity index (χ4v) is 2.57. The van der Waals surface area contributed by atoms with E-state index in [9.17, 15) is 0 Å². The molecule has 1 N–H and O–H groups in total. The van der Waals surface area contributed by atoms with Gasteiger partial charge in [-0.25, -0.2) is 9.97 Å². The van der Waals surface area contributed by atoms with Crippen LogP contribution in [0.25, 0.3) is 10.6 Å². The molecule has 0 saturated heterocycles. The minimum Gasteiger partial charge on any atom is -0.440 e. The molecule has 104 valence electrons. The first kappa shape index (κ1) is 14.2. The van der Waals surface area contributed by atoms with Crippen LogP contribution >= 0.6 is 11.3 Å². The Bertz CT molecular complexity index is 504. The molecule has 0 radical (unpaired) electrons. The normalized spacial score (nSPS) is 11.4. The van der Waals surface area contributed by atoms with Crippen molar-refractivity contribution >= 4 is 11.3 Å². The summed E-state index contributed by atoms with van der Waals surface area (Å²) in [5.41, 5.74) is 2.84. The maximum absolute atomic E-state index is 5.77. The average Bonchev–Trinajstić information content (AvgIpc) is 2.97. The van der Waals surface area contributed by atoms with Gasteiger partial charge in [0.15, 0.2) is 11.7 Å². The maximum atomic E-state index is 5.77. The summed E-state index contributed by atoms with van der Waals surface area (Å²) in [5, 5.41) is 3.42. The van der Waals surface area contributed by atoms with Crippen molar-refractivity contribution in [1.82, 2.24) is 15.3 Å². The summed E-state index contributed by atoms with van der Waals surface area (Å²) in [6, 6.07) is 0. The zero-order valence-corrected chi connectivity index (χ0v) is 12.6. The van der Waals surface area contributed by atoms with Gasteiger partial charge in [0.25, 0.3) is 0 Å². The molecule has 0 amide bonds. The SMILES string of the molecule is Cc1ncsc1-c1cnc(CCCNCC(C)C)o1. The molecule has 0 aromatic carbocycles. The first-order valence-corrected chi connectivity index (χ1v) is 7.60. The molecule has 4 nitrogen and oxygen atoms in total. The van der Waals surface area contributed by atoms with E-state index in [2.05, 4.69) is 29.1 Å². The summed E-state index contributed by atoms with van der Waals surface area (Å²) in [6.45, 7) is 8.49. The lowest BCUT2D eigenvalue weighted by atomic mass is 10.2. The number of thiazole rings is 1. The number of hydrogen-bond acceptors (Lipinski definition) is 5. The highest BCUT2D eigenvalue weighted by Crippen LogP contribution is 2.27. The van der Waals surface area contributed by atoms with Gasteiger partial charge in [-0.15, -0.1) is 11.3 Å². The van der Waals surface area contributed by atoms with Crippen LogP contribution in [0.3, 0.4) is 0 Å². The zero-order valence-electron chi connectivity index (χ0n) is 11.8. The van der Waals surface area contributed by atoms with Gasteiger partial charge < -0.3 is 9.73 Å². The predicted molar refractivity (Wildman–Crippen MR) is 78.4 cm³/mol. The van der Waals surface area contributed by atoms with Crippen LogP contribution in [0.2, 0.25) is 0 Å². The van der Waals surface area contributed by atoms with Crippen molar-refractivity contribution in [1.29, 1.82) is 0 Å². The molecule has 0 aliphatic rings. The van der Waals surface area contributed by atoms with E-state index < -0.39 is 0 Å². The van der Waals surface area contributed by atoms with Crippen LogP contribution in [0.1, 0.15) is 31.9 Å². The van der Waals surface area contributed by atoms with Gasteiger partial charge in [0.1, 0.15) is 0 Å². The molecule has 2 aromatic heterocycles. The molecule has 0 aliphatic heterocycles. The Hall–Kier alpha value is -1.20. The van der Waals surface area contributed by atoms with Crippen LogP contribution in [0, 0.1) is 12.8 Å². The molecule has 2 heterocycles. The Morgan fingerprint density at radius 3 is 2.89 bits per heavy atom. The minimum atomic E-state index is 0.697. The predicted octanol–water partition coefficient (Wildman–Crippen LogP) is 3.28. The van der Waals surface area contributed by atoms with Gasteiger partial charge in [-0.1, -0.05) is 13.8 Å². The number of rotatable bonds is 7. The third kappa shape index (κ3) is 4.14. The second-order valence-electron chi connectivity index (χ2n) is 5.09. The molecule has 2 rings (SSSR count). The monoisotopic (exact) mass is 279 g/mol. The smallest absolute Gasteiger partial charge is 0.194 e. The van der Waals surface area contributed by atoms with Gasteiger partial charge in [-0.2, -0.15) is 0 Å². The van der Waals surface area contributed by atoms with Gasteiger partial charge >= 0.3 is 0 Å². The first-order valence-electron chi connectivity index (χ1n) is 6.72. The summed E-state index contributed by atoms with van der Waals surface area (Å²) < 4.78 is 5.77. The van der Waals surface area contributed by atoms with E-state index >= 15 is 0 Å². The largest absolute Gasteiger partial charge is 0.440 e. The van der Waals surface area contributed by atoms with Crippen LogP contribution < -0.4 is 5.32 Å². The van der Waals surface area contributed by atoms with Gasteiger partial charge in [-0.05, 0) is 32.4 Å². The fourth-order valence-electron chi connectivity index (χ4n) is 1.82. The summed E-state index contributed by atoms with van der Waals surface area (Å²) in [7, 11) is 0. The lowest BCUT2D eigenvalue weighted by molar-refractivity contribution is 0.484. The Morgan fingerprint density at radius 2 is 2.21 bits per heavy atom. The molecular weight excluding hydrogens is 258 g/mol. The number of aryl methyl sites for hydroxylation is 2. The van der Waals surface area contributed by atoms with Crippen molar-refractivity contribution in [2.45, 2.75) is 33.6 Å². The van der Waals surface area contributed by atoms with E-state index in [0.717, 1.165) is 48.2 Å². The number of hydrogen-bond donors (Lipinski definition) is 1. The Morgan fingerprint density at radius 1 is 1.37 bits per heavy atom. The van der Waals surface area contributed by atoms with E-state index in [-0.39, 0.29) is 0 Å². The second-order valence-corrected chi connectivity index (χ2v) is 5.94. The van der Waals surface area contributed by atoms with Crippen LogP contribution in [0.4, 0.5) is 0 Å².